The lowest BCUT2D eigenvalue weighted by Crippen LogP contribution is -2.15. The van der Waals surface area contributed by atoms with Gasteiger partial charge in [0.05, 0.1) is 18.4 Å². The standard InChI is InChI=1S/C14H11F4N3O3/c1-2-24-13(23)11-19-6-10(20-11)21-12(22)7-3-8(14(16,17)18)5-9(15)4-7/h3-6H,2H2,1H3,(H,19,20)(H,21,22). The number of ether oxygens (including phenoxy) is 1. The van der Waals surface area contributed by atoms with Crippen LogP contribution in [0.5, 0.6) is 0 Å². The fraction of sp³-hybridized carbons (Fsp3) is 0.214. The molecule has 0 radical (unpaired) electrons. The quantitative estimate of drug-likeness (QED) is 0.659. The molecule has 24 heavy (non-hydrogen) atoms. The Kier molecular flexibility index (Phi) is 4.86. The van der Waals surface area contributed by atoms with Gasteiger partial charge < -0.3 is 15.0 Å². The van der Waals surface area contributed by atoms with Crippen LogP contribution in [0, 0.1) is 5.82 Å². The molecule has 10 heteroatoms. The van der Waals surface area contributed by atoms with E-state index >= 15 is 0 Å². The van der Waals surface area contributed by atoms with Gasteiger partial charge in [0.15, 0.2) is 0 Å². The Hall–Kier alpha value is -2.91. The monoisotopic (exact) mass is 345 g/mol. The maximum absolute atomic E-state index is 13.3. The summed E-state index contributed by atoms with van der Waals surface area (Å²) in [5, 5.41) is 2.18. The number of anilines is 1. The van der Waals surface area contributed by atoms with Crippen LogP contribution in [-0.2, 0) is 10.9 Å². The molecule has 1 amide bonds. The van der Waals surface area contributed by atoms with E-state index < -0.39 is 35.0 Å². The van der Waals surface area contributed by atoms with E-state index in [0.29, 0.717) is 12.1 Å². The lowest BCUT2D eigenvalue weighted by Gasteiger charge is -2.09. The van der Waals surface area contributed by atoms with Crippen LogP contribution in [0.3, 0.4) is 0 Å². The fourth-order valence-electron chi connectivity index (χ4n) is 1.77. The summed E-state index contributed by atoms with van der Waals surface area (Å²) in [4.78, 5) is 29.4. The molecule has 0 aliphatic rings. The van der Waals surface area contributed by atoms with E-state index in [-0.39, 0.29) is 24.3 Å². The molecule has 0 saturated heterocycles. The zero-order valence-corrected chi connectivity index (χ0v) is 12.2. The van der Waals surface area contributed by atoms with Gasteiger partial charge in [0.1, 0.15) is 11.6 Å². The van der Waals surface area contributed by atoms with E-state index in [4.69, 9.17) is 0 Å². The molecule has 0 saturated carbocycles. The van der Waals surface area contributed by atoms with Crippen LogP contribution in [-0.4, -0.2) is 28.5 Å². The zero-order chi connectivity index (χ0) is 17.9. The third-order valence-electron chi connectivity index (χ3n) is 2.78. The van der Waals surface area contributed by atoms with E-state index in [0.717, 1.165) is 6.20 Å². The predicted molar refractivity (Wildman–Crippen MR) is 73.9 cm³/mol. The van der Waals surface area contributed by atoms with Gasteiger partial charge in [0.2, 0.25) is 5.82 Å². The fourth-order valence-corrected chi connectivity index (χ4v) is 1.77. The van der Waals surface area contributed by atoms with Crippen molar-refractivity contribution >= 4 is 17.7 Å². The number of hydrogen-bond acceptors (Lipinski definition) is 4. The molecule has 1 aromatic heterocycles. The van der Waals surface area contributed by atoms with Crippen molar-refractivity contribution in [3.8, 4) is 0 Å². The topological polar surface area (TPSA) is 84.1 Å². The predicted octanol–water partition coefficient (Wildman–Crippen LogP) is 3.00. The Morgan fingerprint density at radius 2 is 2.00 bits per heavy atom. The van der Waals surface area contributed by atoms with Crippen LogP contribution in [0.4, 0.5) is 23.4 Å². The number of imidazole rings is 1. The first-order valence-electron chi connectivity index (χ1n) is 6.62. The van der Waals surface area contributed by atoms with Crippen molar-refractivity contribution in [1.82, 2.24) is 9.97 Å². The molecule has 0 spiro atoms. The second-order valence-electron chi connectivity index (χ2n) is 4.55. The number of nitrogens with one attached hydrogen (secondary N) is 2. The maximum Gasteiger partial charge on any atom is 0.416 e. The highest BCUT2D eigenvalue weighted by Crippen LogP contribution is 2.30. The minimum atomic E-state index is -4.79. The molecule has 1 aromatic carbocycles. The average molecular weight is 345 g/mol. The number of nitrogens with zero attached hydrogens (tertiary/aromatic N) is 1. The number of halogens is 4. The Morgan fingerprint density at radius 3 is 2.62 bits per heavy atom. The van der Waals surface area contributed by atoms with Gasteiger partial charge >= 0.3 is 12.1 Å². The van der Waals surface area contributed by atoms with E-state index in [1.54, 1.807) is 6.92 Å². The number of benzene rings is 1. The minimum Gasteiger partial charge on any atom is -0.460 e. The number of alkyl halides is 3. The Bertz CT molecular complexity index is 771. The van der Waals surface area contributed by atoms with Crippen molar-refractivity contribution in [2.45, 2.75) is 13.1 Å². The highest BCUT2D eigenvalue weighted by molar-refractivity contribution is 6.04. The Labute approximate surface area is 132 Å². The first-order chi connectivity index (χ1) is 11.2. The number of carbonyl (C=O) groups is 2. The minimum absolute atomic E-state index is 0.0547. The Balaban J connectivity index is 2.19. The summed E-state index contributed by atoms with van der Waals surface area (Å²) >= 11 is 0. The number of carbonyl (C=O) groups excluding carboxylic acids is 2. The van der Waals surface area contributed by atoms with Crippen molar-refractivity contribution < 1.29 is 31.9 Å². The highest BCUT2D eigenvalue weighted by atomic mass is 19.4. The van der Waals surface area contributed by atoms with Gasteiger partial charge in [-0.05, 0) is 25.1 Å². The number of H-pyrrole nitrogens is 1. The van der Waals surface area contributed by atoms with Crippen molar-refractivity contribution in [1.29, 1.82) is 0 Å². The van der Waals surface area contributed by atoms with Gasteiger partial charge in [-0.2, -0.15) is 13.2 Å². The molecule has 0 fully saturated rings. The lowest BCUT2D eigenvalue weighted by atomic mass is 10.1. The first-order valence-corrected chi connectivity index (χ1v) is 6.62. The third-order valence-corrected chi connectivity index (χ3v) is 2.78. The molecule has 2 aromatic rings. The van der Waals surface area contributed by atoms with Crippen LogP contribution in [0.2, 0.25) is 0 Å². The van der Waals surface area contributed by atoms with E-state index in [9.17, 15) is 27.2 Å². The van der Waals surface area contributed by atoms with Crippen molar-refractivity contribution in [2.24, 2.45) is 0 Å². The molecule has 0 aliphatic heterocycles. The van der Waals surface area contributed by atoms with Crippen LogP contribution in [0.15, 0.2) is 24.4 Å². The van der Waals surface area contributed by atoms with Gasteiger partial charge in [0, 0.05) is 5.56 Å². The number of aromatic nitrogens is 2. The SMILES string of the molecule is CCOC(=O)c1ncc(NC(=O)c2cc(F)cc(C(F)(F)F)c2)[nH]1. The second-order valence-corrected chi connectivity index (χ2v) is 4.55. The molecule has 2 rings (SSSR count). The molecule has 0 atom stereocenters. The largest absolute Gasteiger partial charge is 0.460 e. The highest BCUT2D eigenvalue weighted by Gasteiger charge is 2.32. The van der Waals surface area contributed by atoms with E-state index in [2.05, 4.69) is 20.0 Å². The lowest BCUT2D eigenvalue weighted by molar-refractivity contribution is -0.137. The zero-order valence-electron chi connectivity index (χ0n) is 12.2. The summed E-state index contributed by atoms with van der Waals surface area (Å²) in [7, 11) is 0. The molecule has 0 bridgehead atoms. The van der Waals surface area contributed by atoms with Crippen LogP contribution in [0.25, 0.3) is 0 Å². The Morgan fingerprint density at radius 1 is 1.29 bits per heavy atom. The molecular weight excluding hydrogens is 334 g/mol. The maximum atomic E-state index is 13.3. The van der Waals surface area contributed by atoms with Gasteiger partial charge in [-0.15, -0.1) is 0 Å². The number of rotatable bonds is 4. The summed E-state index contributed by atoms with van der Waals surface area (Å²) in [6.07, 6.45) is -3.71. The second kappa shape index (κ2) is 6.69. The van der Waals surface area contributed by atoms with Gasteiger partial charge in [0.25, 0.3) is 5.91 Å². The normalized spacial score (nSPS) is 11.2. The van der Waals surface area contributed by atoms with Crippen LogP contribution >= 0.6 is 0 Å². The van der Waals surface area contributed by atoms with Crippen molar-refractivity contribution in [3.05, 3.63) is 47.2 Å². The summed E-state index contributed by atoms with van der Waals surface area (Å²) in [5.74, 6) is -3.21. The number of esters is 1. The molecule has 128 valence electrons. The average Bonchev–Trinajstić information content (AvgIpc) is 2.94. The van der Waals surface area contributed by atoms with Crippen LogP contribution < -0.4 is 5.32 Å². The van der Waals surface area contributed by atoms with Gasteiger partial charge in [-0.1, -0.05) is 0 Å². The number of hydrogen-bond donors (Lipinski definition) is 2. The molecule has 0 aliphatic carbocycles. The van der Waals surface area contributed by atoms with Crippen molar-refractivity contribution in [3.63, 3.8) is 0 Å². The number of amides is 1. The van der Waals surface area contributed by atoms with E-state index in [1.165, 1.54) is 0 Å². The summed E-state index contributed by atoms with van der Waals surface area (Å²) < 4.78 is 55.9. The summed E-state index contributed by atoms with van der Waals surface area (Å²) in [6.45, 7) is 1.70. The summed E-state index contributed by atoms with van der Waals surface area (Å²) in [5.41, 5.74) is -1.82. The third kappa shape index (κ3) is 4.09. The number of aromatic amines is 1. The molecule has 1 heterocycles. The van der Waals surface area contributed by atoms with Crippen molar-refractivity contribution in [2.75, 3.05) is 11.9 Å². The van der Waals surface area contributed by atoms with Gasteiger partial charge in [-0.25, -0.2) is 14.2 Å². The molecule has 2 N–H and O–H groups in total. The summed E-state index contributed by atoms with van der Waals surface area (Å²) in [6, 6.07) is 1.46. The van der Waals surface area contributed by atoms with Gasteiger partial charge in [-0.3, -0.25) is 4.79 Å². The molecule has 6 nitrogen and oxygen atoms in total. The molecule has 0 unspecified atom stereocenters. The first kappa shape index (κ1) is 17.4. The van der Waals surface area contributed by atoms with Crippen LogP contribution in [0.1, 0.15) is 33.5 Å². The smallest absolute Gasteiger partial charge is 0.416 e. The van der Waals surface area contributed by atoms with E-state index in [1.807, 2.05) is 0 Å². The molecular formula is C14H11F4N3O3.